The van der Waals surface area contributed by atoms with E-state index in [-0.39, 0.29) is 5.57 Å². The van der Waals surface area contributed by atoms with Crippen molar-refractivity contribution in [2.24, 2.45) is 0 Å². The van der Waals surface area contributed by atoms with Gasteiger partial charge in [-0.25, -0.2) is 0 Å². The minimum atomic E-state index is -0.553. The molecule has 0 unspecified atom stereocenters. The number of aryl methyl sites for hydroxylation is 1. The molecule has 0 atom stereocenters. The van der Waals surface area contributed by atoms with E-state index in [2.05, 4.69) is 29.6 Å². The van der Waals surface area contributed by atoms with E-state index in [1.807, 2.05) is 49.4 Å². The summed E-state index contributed by atoms with van der Waals surface area (Å²) in [5.41, 5.74) is 4.12. The topological polar surface area (TPSA) is 71.3 Å². The Hall–Kier alpha value is -4.76. The summed E-state index contributed by atoms with van der Waals surface area (Å²) in [5.74, 6) is 0.596. The Morgan fingerprint density at radius 1 is 0.857 bits per heavy atom. The van der Waals surface area contributed by atoms with Crippen molar-refractivity contribution in [2.45, 2.75) is 20.1 Å². The summed E-state index contributed by atoms with van der Waals surface area (Å²) in [4.78, 5) is 13.0. The van der Waals surface area contributed by atoms with Crippen molar-refractivity contribution in [3.05, 3.63) is 141 Å². The van der Waals surface area contributed by atoms with Gasteiger partial charge in [0.25, 0.3) is 5.91 Å². The average Bonchev–Trinajstić information content (AvgIpc) is 3.00. The number of hydrogen-bond donors (Lipinski definition) is 1. The molecule has 0 saturated carbocycles. The first kappa shape index (κ1) is 28.8. The van der Waals surface area contributed by atoms with E-state index in [1.165, 1.54) is 6.08 Å². The fourth-order valence-electron chi connectivity index (χ4n) is 4.43. The highest BCUT2D eigenvalue weighted by molar-refractivity contribution is 6.31. The number of anilines is 1. The average molecular weight is 594 g/mol. The van der Waals surface area contributed by atoms with Crippen LogP contribution in [-0.4, -0.2) is 5.91 Å². The van der Waals surface area contributed by atoms with Crippen molar-refractivity contribution < 1.29 is 14.3 Å². The lowest BCUT2D eigenvalue weighted by molar-refractivity contribution is -0.112. The zero-order chi connectivity index (χ0) is 29.5. The molecule has 0 aliphatic rings. The van der Waals surface area contributed by atoms with E-state index in [4.69, 9.17) is 32.7 Å². The molecule has 42 heavy (non-hydrogen) atoms. The number of nitrogens with zero attached hydrogens (tertiary/aromatic N) is 1. The molecule has 0 saturated heterocycles. The van der Waals surface area contributed by atoms with Crippen LogP contribution in [-0.2, 0) is 18.0 Å². The molecule has 5 aromatic carbocycles. The van der Waals surface area contributed by atoms with Gasteiger partial charge in [0.2, 0.25) is 0 Å². The molecule has 0 radical (unpaired) electrons. The maximum atomic E-state index is 13.0. The second-order valence-corrected chi connectivity index (χ2v) is 10.5. The number of amides is 1. The monoisotopic (exact) mass is 592 g/mol. The first-order valence-electron chi connectivity index (χ1n) is 13.2. The minimum Gasteiger partial charge on any atom is -0.489 e. The van der Waals surface area contributed by atoms with Crippen molar-refractivity contribution in [1.29, 1.82) is 5.26 Å². The highest BCUT2D eigenvalue weighted by Crippen LogP contribution is 2.29. The maximum Gasteiger partial charge on any atom is 0.266 e. The van der Waals surface area contributed by atoms with Crippen LogP contribution in [0, 0.1) is 18.3 Å². The van der Waals surface area contributed by atoms with Crippen molar-refractivity contribution >= 4 is 51.6 Å². The zero-order valence-electron chi connectivity index (χ0n) is 22.7. The van der Waals surface area contributed by atoms with Gasteiger partial charge in [0.05, 0.1) is 0 Å². The predicted octanol–water partition coefficient (Wildman–Crippen LogP) is 9.16. The summed E-state index contributed by atoms with van der Waals surface area (Å²) in [7, 11) is 0. The third-order valence-corrected chi connectivity index (χ3v) is 7.20. The van der Waals surface area contributed by atoms with E-state index in [0.717, 1.165) is 27.5 Å². The summed E-state index contributed by atoms with van der Waals surface area (Å²) in [5, 5.41) is 15.9. The van der Waals surface area contributed by atoms with E-state index < -0.39 is 5.91 Å². The molecule has 1 N–H and O–H groups in total. The molecule has 0 aliphatic carbocycles. The maximum absolute atomic E-state index is 13.0. The molecule has 0 bridgehead atoms. The van der Waals surface area contributed by atoms with Gasteiger partial charge in [-0.05, 0) is 89.5 Å². The largest absolute Gasteiger partial charge is 0.489 e. The van der Waals surface area contributed by atoms with Crippen LogP contribution in [0.5, 0.6) is 11.5 Å². The van der Waals surface area contributed by atoms with Gasteiger partial charge >= 0.3 is 0 Å². The molecule has 1 amide bonds. The molecule has 5 nitrogen and oxygen atoms in total. The fraction of sp³-hybridized carbons (Fsp3) is 0.0857. The van der Waals surface area contributed by atoms with Crippen LogP contribution in [0.1, 0.15) is 22.3 Å². The summed E-state index contributed by atoms with van der Waals surface area (Å²) >= 11 is 12.2. The summed E-state index contributed by atoms with van der Waals surface area (Å²) < 4.78 is 12.0. The van der Waals surface area contributed by atoms with Gasteiger partial charge < -0.3 is 14.8 Å². The third kappa shape index (κ3) is 7.11. The van der Waals surface area contributed by atoms with Crippen molar-refractivity contribution in [1.82, 2.24) is 0 Å². The summed E-state index contributed by atoms with van der Waals surface area (Å²) in [6.07, 6.45) is 1.48. The smallest absolute Gasteiger partial charge is 0.266 e. The Bertz CT molecular complexity index is 1810. The van der Waals surface area contributed by atoms with Crippen LogP contribution >= 0.6 is 23.2 Å². The van der Waals surface area contributed by atoms with Crippen LogP contribution in [0.2, 0.25) is 10.0 Å². The second kappa shape index (κ2) is 13.3. The number of rotatable bonds is 9. The van der Waals surface area contributed by atoms with Crippen molar-refractivity contribution in [3.8, 4) is 17.6 Å². The lowest BCUT2D eigenvalue weighted by Gasteiger charge is -2.14. The molecule has 0 aromatic heterocycles. The minimum absolute atomic E-state index is 0.0912. The number of carbonyl (C=O) groups is 1. The Morgan fingerprint density at radius 3 is 2.36 bits per heavy atom. The summed E-state index contributed by atoms with van der Waals surface area (Å²) in [6, 6.07) is 33.8. The second-order valence-electron chi connectivity index (χ2n) is 9.62. The van der Waals surface area contributed by atoms with Gasteiger partial charge in [-0.2, -0.15) is 5.26 Å². The van der Waals surface area contributed by atoms with Crippen LogP contribution in [0.4, 0.5) is 5.69 Å². The number of hydrogen-bond acceptors (Lipinski definition) is 4. The van der Waals surface area contributed by atoms with Crippen molar-refractivity contribution in [3.63, 3.8) is 0 Å². The molecule has 0 fully saturated rings. The number of fused-ring (bicyclic) bond motifs is 1. The van der Waals surface area contributed by atoms with Crippen LogP contribution < -0.4 is 14.8 Å². The van der Waals surface area contributed by atoms with Crippen LogP contribution in [0.3, 0.4) is 0 Å². The fourth-order valence-corrected chi connectivity index (χ4v) is 4.74. The SMILES string of the molecule is Cc1ccc2ccccc2c1COc1ccc(Cl)cc1/C=C(\C#N)C(=O)Nc1ccc(OCc2ccc(Cl)cc2)cc1. The lowest BCUT2D eigenvalue weighted by Crippen LogP contribution is -2.13. The Balaban J connectivity index is 1.28. The van der Waals surface area contributed by atoms with Gasteiger partial charge in [-0.1, -0.05) is 71.7 Å². The quantitative estimate of drug-likeness (QED) is 0.137. The normalized spacial score (nSPS) is 11.1. The molecule has 0 spiro atoms. The van der Waals surface area contributed by atoms with Gasteiger partial charge in [0.15, 0.2) is 0 Å². The van der Waals surface area contributed by atoms with Crippen LogP contribution in [0.15, 0.2) is 109 Å². The zero-order valence-corrected chi connectivity index (χ0v) is 24.2. The highest BCUT2D eigenvalue weighted by atomic mass is 35.5. The first-order valence-corrected chi connectivity index (χ1v) is 14.0. The molecular formula is C35H26Cl2N2O3. The number of benzene rings is 5. The summed E-state index contributed by atoms with van der Waals surface area (Å²) in [6.45, 7) is 2.74. The van der Waals surface area contributed by atoms with E-state index in [9.17, 15) is 10.1 Å². The van der Waals surface area contributed by atoms with Gasteiger partial charge in [-0.3, -0.25) is 4.79 Å². The van der Waals surface area contributed by atoms with Crippen molar-refractivity contribution in [2.75, 3.05) is 5.32 Å². The Kier molecular flexibility index (Phi) is 9.08. The molecule has 0 heterocycles. The predicted molar refractivity (Wildman–Crippen MR) is 169 cm³/mol. The number of nitrogens with one attached hydrogen (secondary N) is 1. The highest BCUT2D eigenvalue weighted by Gasteiger charge is 2.13. The first-order chi connectivity index (χ1) is 20.4. The molecule has 5 aromatic rings. The number of halogens is 2. The number of nitriles is 1. The number of ether oxygens (including phenoxy) is 2. The van der Waals surface area contributed by atoms with Crippen LogP contribution in [0.25, 0.3) is 16.8 Å². The number of carbonyl (C=O) groups excluding carboxylic acids is 1. The molecule has 0 aliphatic heterocycles. The standard InChI is InChI=1S/C35H26Cl2N2O3/c1-23-6-9-25-4-2-3-5-32(25)33(23)22-42-34-17-12-29(37)19-26(34)18-27(20-38)35(40)39-30-13-15-31(16-14-30)41-21-24-7-10-28(36)11-8-24/h2-19H,21-22H2,1H3,(H,39,40)/b27-18+. The molecule has 5 rings (SSSR count). The van der Waals surface area contributed by atoms with E-state index in [0.29, 0.717) is 46.0 Å². The van der Waals surface area contributed by atoms with E-state index in [1.54, 1.807) is 42.5 Å². The lowest BCUT2D eigenvalue weighted by atomic mass is 10.0. The van der Waals surface area contributed by atoms with Gasteiger partial charge in [0, 0.05) is 26.9 Å². The van der Waals surface area contributed by atoms with E-state index >= 15 is 0 Å². The Labute approximate surface area is 254 Å². The third-order valence-electron chi connectivity index (χ3n) is 6.71. The molecule has 208 valence electrons. The Morgan fingerprint density at radius 2 is 1.60 bits per heavy atom. The molecular weight excluding hydrogens is 567 g/mol. The van der Waals surface area contributed by atoms with Gasteiger partial charge in [-0.15, -0.1) is 0 Å². The molecule has 7 heteroatoms. The van der Waals surface area contributed by atoms with Gasteiger partial charge in [0.1, 0.15) is 36.4 Å².